The number of fused-ring (bicyclic) bond motifs is 1. The third kappa shape index (κ3) is 6.03. The number of carbonyl (C=O) groups excluding carboxylic acids is 2. The number of rotatable bonds is 5. The Bertz CT molecular complexity index is 1540. The molecule has 10 heteroatoms. The summed E-state index contributed by atoms with van der Waals surface area (Å²) in [6, 6.07) is 12.8. The van der Waals surface area contributed by atoms with Gasteiger partial charge in [0.15, 0.2) is 5.58 Å². The molecule has 2 heterocycles. The number of pyridine rings is 1. The molecule has 0 spiro atoms. The predicted octanol–water partition coefficient (Wildman–Crippen LogP) is 6.01. The van der Waals surface area contributed by atoms with Gasteiger partial charge in [0, 0.05) is 29.8 Å². The lowest BCUT2D eigenvalue weighted by atomic mass is 10.1. The van der Waals surface area contributed by atoms with Crippen LogP contribution in [-0.4, -0.2) is 16.9 Å². The van der Waals surface area contributed by atoms with Crippen molar-refractivity contribution >= 4 is 34.2 Å². The molecule has 0 radical (unpaired) electrons. The van der Waals surface area contributed by atoms with Gasteiger partial charge in [-0.1, -0.05) is 17.7 Å². The van der Waals surface area contributed by atoms with E-state index in [1.165, 1.54) is 25.3 Å². The highest BCUT2D eigenvalue weighted by atomic mass is 19.4. The summed E-state index contributed by atoms with van der Waals surface area (Å²) in [4.78, 5) is 33.3. The molecule has 4 aromatic rings. The van der Waals surface area contributed by atoms with Crippen molar-refractivity contribution in [3.05, 3.63) is 94.3 Å². The number of hydrogen-bond acceptors (Lipinski definition) is 6. The number of nitrogens with one attached hydrogen (secondary N) is 1. The van der Waals surface area contributed by atoms with Crippen LogP contribution in [-0.2, 0) is 22.3 Å². The largest absolute Gasteiger partial charge is 0.461 e. The maximum atomic E-state index is 13.3. The van der Waals surface area contributed by atoms with Crippen molar-refractivity contribution in [2.24, 2.45) is 4.99 Å². The number of aryl methyl sites for hydroxylation is 2. The summed E-state index contributed by atoms with van der Waals surface area (Å²) in [5, 5.41) is 3.26. The Morgan fingerprint density at radius 1 is 1.05 bits per heavy atom. The molecule has 1 N–H and O–H groups in total. The van der Waals surface area contributed by atoms with Gasteiger partial charge in [0.05, 0.1) is 16.9 Å². The smallest absolute Gasteiger partial charge is 0.416 e. The molecule has 0 saturated heterocycles. The molecule has 0 atom stereocenters. The molecule has 0 fully saturated rings. The van der Waals surface area contributed by atoms with Gasteiger partial charge in [0.1, 0.15) is 12.2 Å². The van der Waals surface area contributed by atoms with E-state index >= 15 is 0 Å². The Hall–Kier alpha value is -4.47. The van der Waals surface area contributed by atoms with E-state index in [9.17, 15) is 22.8 Å². The summed E-state index contributed by atoms with van der Waals surface area (Å²) in [6.07, 6.45) is -2.98. The van der Waals surface area contributed by atoms with Crippen LogP contribution >= 0.6 is 0 Å². The van der Waals surface area contributed by atoms with Gasteiger partial charge in [-0.05, 0) is 56.3 Å². The van der Waals surface area contributed by atoms with Crippen LogP contribution in [0.5, 0.6) is 0 Å². The zero-order valence-corrected chi connectivity index (χ0v) is 20.1. The molecule has 7 nitrogen and oxygen atoms in total. The number of esters is 1. The minimum absolute atomic E-state index is 0.0302. The Kier molecular flexibility index (Phi) is 7.10. The van der Waals surface area contributed by atoms with Crippen molar-refractivity contribution < 1.29 is 31.9 Å². The maximum absolute atomic E-state index is 13.3. The van der Waals surface area contributed by atoms with Crippen LogP contribution in [0.3, 0.4) is 0 Å². The molecule has 0 aliphatic heterocycles. The molecule has 2 aromatic carbocycles. The number of benzene rings is 2. The number of amides is 1. The van der Waals surface area contributed by atoms with Gasteiger partial charge in [-0.25, -0.2) is 4.99 Å². The number of alkyl halides is 3. The summed E-state index contributed by atoms with van der Waals surface area (Å²) in [5.74, 6) is -1.04. The van der Waals surface area contributed by atoms with Crippen LogP contribution in [0.4, 0.5) is 24.5 Å². The van der Waals surface area contributed by atoms with Crippen molar-refractivity contribution in [1.82, 2.24) is 4.98 Å². The standard InChI is InChI=1S/C27H22F3N3O4/c1-15-4-8-20(9-5-15)32-25(35)23-12-22-18(14-36-17(3)34)13-31-16(2)24(22)37-26(23)33-21-10-6-19(7-11-21)27(28,29)30/h4-13H,14H2,1-3H3,(H,32,35). The van der Waals surface area contributed by atoms with Crippen molar-refractivity contribution in [1.29, 1.82) is 0 Å². The summed E-state index contributed by atoms with van der Waals surface area (Å²) in [7, 11) is 0. The zero-order chi connectivity index (χ0) is 26.7. The fraction of sp³-hybridized carbons (Fsp3) is 0.185. The zero-order valence-electron chi connectivity index (χ0n) is 20.1. The molecule has 0 bridgehead atoms. The Morgan fingerprint density at radius 2 is 1.73 bits per heavy atom. The first-order valence-corrected chi connectivity index (χ1v) is 11.2. The van der Waals surface area contributed by atoms with Crippen molar-refractivity contribution in [3.63, 3.8) is 0 Å². The van der Waals surface area contributed by atoms with Crippen LogP contribution in [0.2, 0.25) is 0 Å². The van der Waals surface area contributed by atoms with Gasteiger partial charge in [0.2, 0.25) is 5.55 Å². The molecule has 1 amide bonds. The van der Waals surface area contributed by atoms with E-state index in [2.05, 4.69) is 15.3 Å². The first-order valence-electron chi connectivity index (χ1n) is 11.2. The van der Waals surface area contributed by atoms with E-state index in [4.69, 9.17) is 9.15 Å². The van der Waals surface area contributed by atoms with Crippen LogP contribution < -0.4 is 10.9 Å². The highest BCUT2D eigenvalue weighted by Crippen LogP contribution is 2.30. The lowest BCUT2D eigenvalue weighted by Gasteiger charge is -2.11. The van der Waals surface area contributed by atoms with Crippen LogP contribution in [0.1, 0.15) is 39.7 Å². The third-order valence-corrected chi connectivity index (χ3v) is 5.46. The first-order chi connectivity index (χ1) is 17.5. The summed E-state index contributed by atoms with van der Waals surface area (Å²) in [6.45, 7) is 4.78. The number of carbonyl (C=O) groups is 2. The topological polar surface area (TPSA) is 93.8 Å². The SMILES string of the molecule is CC(=O)OCc1cnc(C)c2oc(=Nc3ccc(C(F)(F)F)cc3)c(C(=O)Nc3ccc(C)cc3)cc12. The van der Waals surface area contributed by atoms with Crippen molar-refractivity contribution in [2.75, 3.05) is 5.32 Å². The minimum atomic E-state index is -4.49. The fourth-order valence-electron chi connectivity index (χ4n) is 3.51. The Balaban J connectivity index is 1.87. The lowest BCUT2D eigenvalue weighted by Crippen LogP contribution is -2.22. The van der Waals surface area contributed by atoms with E-state index in [-0.39, 0.29) is 23.4 Å². The van der Waals surface area contributed by atoms with E-state index in [0.717, 1.165) is 17.7 Å². The minimum Gasteiger partial charge on any atom is -0.461 e. The third-order valence-electron chi connectivity index (χ3n) is 5.46. The fourth-order valence-corrected chi connectivity index (χ4v) is 3.51. The molecule has 37 heavy (non-hydrogen) atoms. The molecule has 0 aliphatic carbocycles. The molecule has 190 valence electrons. The summed E-state index contributed by atoms with van der Waals surface area (Å²) >= 11 is 0. The first kappa shape index (κ1) is 25.6. The van der Waals surface area contributed by atoms with Crippen LogP contribution in [0.25, 0.3) is 11.0 Å². The van der Waals surface area contributed by atoms with E-state index in [1.54, 1.807) is 25.1 Å². The average Bonchev–Trinajstić information content (AvgIpc) is 2.84. The number of nitrogens with zero attached hydrogens (tertiary/aromatic N) is 2. The van der Waals surface area contributed by atoms with Crippen LogP contribution in [0.15, 0.2) is 70.2 Å². The van der Waals surface area contributed by atoms with E-state index in [1.807, 2.05) is 19.1 Å². The number of hydrogen-bond donors (Lipinski definition) is 1. The second-order valence-electron chi connectivity index (χ2n) is 8.33. The summed E-state index contributed by atoms with van der Waals surface area (Å²) < 4.78 is 50.0. The number of aromatic nitrogens is 1. The highest BCUT2D eigenvalue weighted by Gasteiger charge is 2.30. The second-order valence-corrected chi connectivity index (χ2v) is 8.33. The number of halogens is 3. The molecular formula is C27H22F3N3O4. The number of anilines is 1. The van der Waals surface area contributed by atoms with Gasteiger partial charge in [-0.15, -0.1) is 0 Å². The molecular weight excluding hydrogens is 487 g/mol. The van der Waals surface area contributed by atoms with Gasteiger partial charge >= 0.3 is 12.1 Å². The van der Waals surface area contributed by atoms with Crippen LogP contribution in [0, 0.1) is 13.8 Å². The molecule has 4 rings (SSSR count). The van der Waals surface area contributed by atoms with Crippen molar-refractivity contribution in [3.8, 4) is 0 Å². The molecule has 0 aliphatic rings. The lowest BCUT2D eigenvalue weighted by molar-refractivity contribution is -0.142. The highest BCUT2D eigenvalue weighted by molar-refractivity contribution is 6.05. The predicted molar refractivity (Wildman–Crippen MR) is 130 cm³/mol. The van der Waals surface area contributed by atoms with E-state index in [0.29, 0.717) is 27.9 Å². The van der Waals surface area contributed by atoms with Gasteiger partial charge in [0.25, 0.3) is 5.91 Å². The van der Waals surface area contributed by atoms with E-state index < -0.39 is 23.6 Å². The van der Waals surface area contributed by atoms with Gasteiger partial charge in [-0.3, -0.25) is 14.6 Å². The summed E-state index contributed by atoms with van der Waals surface area (Å²) in [5.41, 5.74) is 2.06. The van der Waals surface area contributed by atoms with Gasteiger partial charge < -0.3 is 14.5 Å². The maximum Gasteiger partial charge on any atom is 0.416 e. The number of ether oxygens (including phenoxy) is 1. The normalized spacial score (nSPS) is 12.0. The quantitative estimate of drug-likeness (QED) is 0.333. The van der Waals surface area contributed by atoms with Gasteiger partial charge in [-0.2, -0.15) is 13.2 Å². The monoisotopic (exact) mass is 509 g/mol. The second kappa shape index (κ2) is 10.3. The average molecular weight is 509 g/mol. The van der Waals surface area contributed by atoms with Crippen molar-refractivity contribution in [2.45, 2.75) is 33.6 Å². The molecule has 0 saturated carbocycles. The molecule has 0 unspecified atom stereocenters. The molecule has 2 aromatic heterocycles. The Morgan fingerprint density at radius 3 is 2.35 bits per heavy atom. The Labute approximate surface area is 209 Å².